The van der Waals surface area contributed by atoms with Crippen LogP contribution in [0.15, 0.2) is 29.3 Å². The van der Waals surface area contributed by atoms with Crippen molar-refractivity contribution in [3.8, 4) is 0 Å². The Morgan fingerprint density at radius 1 is 1.28 bits per heavy atom. The molecule has 1 nitrogen and oxygen atoms in total. The number of halogens is 4. The lowest BCUT2D eigenvalue weighted by atomic mass is 10.1. The highest BCUT2D eigenvalue weighted by Crippen LogP contribution is 2.33. The minimum Gasteiger partial charge on any atom is -0.274 e. The molecule has 1 aliphatic rings. The molecule has 0 amide bonds. The highest BCUT2D eigenvalue weighted by molar-refractivity contribution is 8.15. The zero-order chi connectivity index (χ0) is 13.3. The van der Waals surface area contributed by atoms with E-state index in [4.69, 9.17) is 11.6 Å². The summed E-state index contributed by atoms with van der Waals surface area (Å²) in [5, 5.41) is 0.964. The van der Waals surface area contributed by atoms with Gasteiger partial charge in [-0.25, -0.2) is 0 Å². The van der Waals surface area contributed by atoms with Gasteiger partial charge in [-0.3, -0.25) is 4.99 Å². The third-order valence-corrected chi connectivity index (χ3v) is 4.68. The maximum Gasteiger partial charge on any atom is 0.416 e. The second-order valence-electron chi connectivity index (χ2n) is 4.06. The van der Waals surface area contributed by atoms with Gasteiger partial charge in [-0.15, -0.1) is 11.6 Å². The first-order valence-corrected chi connectivity index (χ1v) is 6.81. The van der Waals surface area contributed by atoms with E-state index in [0.29, 0.717) is 11.4 Å². The third kappa shape index (κ3) is 2.83. The number of aliphatic imine (C=N–C) groups is 1. The molecule has 0 saturated heterocycles. The fraction of sp³-hybridized carbons (Fsp3) is 0.417. The molecule has 2 atom stereocenters. The number of hydrogen-bond acceptors (Lipinski definition) is 2. The highest BCUT2D eigenvalue weighted by atomic mass is 35.5. The van der Waals surface area contributed by atoms with E-state index in [1.165, 1.54) is 23.9 Å². The van der Waals surface area contributed by atoms with Crippen molar-refractivity contribution in [1.29, 1.82) is 0 Å². The molecule has 1 aliphatic heterocycles. The van der Waals surface area contributed by atoms with Gasteiger partial charge >= 0.3 is 6.18 Å². The molecule has 0 bridgehead atoms. The summed E-state index contributed by atoms with van der Waals surface area (Å²) in [4.78, 5) is 4.42. The zero-order valence-electron chi connectivity index (χ0n) is 9.54. The molecule has 2 rings (SSSR count). The van der Waals surface area contributed by atoms with E-state index in [0.717, 1.165) is 17.2 Å². The molecule has 0 radical (unpaired) electrons. The van der Waals surface area contributed by atoms with Crippen LogP contribution in [0.1, 0.15) is 18.1 Å². The molecule has 0 aromatic heterocycles. The van der Waals surface area contributed by atoms with Crippen LogP contribution in [-0.2, 0) is 6.18 Å². The predicted molar refractivity (Wildman–Crippen MR) is 69.5 cm³/mol. The maximum atomic E-state index is 12.4. The highest BCUT2D eigenvalue weighted by Gasteiger charge is 2.31. The van der Waals surface area contributed by atoms with Gasteiger partial charge in [0.25, 0.3) is 0 Å². The number of benzene rings is 1. The van der Waals surface area contributed by atoms with E-state index in [1.807, 2.05) is 6.92 Å². The first kappa shape index (κ1) is 13.7. The number of hydrogen-bond donors (Lipinski definition) is 0. The molecular formula is C12H11ClF3NS. The Bertz CT molecular complexity index is 455. The summed E-state index contributed by atoms with van der Waals surface area (Å²) in [6.07, 6.45) is -4.30. The van der Waals surface area contributed by atoms with E-state index in [1.54, 1.807) is 0 Å². The van der Waals surface area contributed by atoms with Crippen LogP contribution in [0.4, 0.5) is 13.2 Å². The summed E-state index contributed by atoms with van der Waals surface area (Å²) < 4.78 is 37.3. The molecule has 0 N–H and O–H groups in total. The van der Waals surface area contributed by atoms with E-state index in [-0.39, 0.29) is 11.3 Å². The van der Waals surface area contributed by atoms with Crippen molar-refractivity contribution < 1.29 is 13.2 Å². The van der Waals surface area contributed by atoms with E-state index >= 15 is 0 Å². The fourth-order valence-electron chi connectivity index (χ4n) is 1.65. The SMILES string of the molecule is CC1N=C(c2ccc(C(F)(F)F)cc2)SC1CCl. The Kier molecular flexibility index (Phi) is 3.92. The molecule has 0 saturated carbocycles. The van der Waals surface area contributed by atoms with Gasteiger partial charge in [0.15, 0.2) is 0 Å². The van der Waals surface area contributed by atoms with Crippen molar-refractivity contribution in [2.75, 3.05) is 5.88 Å². The number of nitrogens with zero attached hydrogens (tertiary/aromatic N) is 1. The zero-order valence-corrected chi connectivity index (χ0v) is 11.1. The topological polar surface area (TPSA) is 12.4 Å². The van der Waals surface area contributed by atoms with Crippen molar-refractivity contribution in [2.45, 2.75) is 24.4 Å². The van der Waals surface area contributed by atoms with Crippen LogP contribution >= 0.6 is 23.4 Å². The van der Waals surface area contributed by atoms with Gasteiger partial charge in [-0.1, -0.05) is 23.9 Å². The van der Waals surface area contributed by atoms with Crippen LogP contribution in [0.3, 0.4) is 0 Å². The molecule has 0 fully saturated rings. The molecule has 18 heavy (non-hydrogen) atoms. The third-order valence-electron chi connectivity index (χ3n) is 2.73. The summed E-state index contributed by atoms with van der Waals surface area (Å²) in [6.45, 7) is 1.96. The van der Waals surface area contributed by atoms with Crippen molar-refractivity contribution in [3.05, 3.63) is 35.4 Å². The molecule has 2 unspecified atom stereocenters. The standard InChI is InChI=1S/C12H11ClF3NS/c1-7-10(6-13)18-11(17-7)8-2-4-9(5-3-8)12(14,15)16/h2-5,7,10H,6H2,1H3. The molecular weight excluding hydrogens is 283 g/mol. The number of alkyl halides is 4. The summed E-state index contributed by atoms with van der Waals surface area (Å²) >= 11 is 7.32. The molecule has 0 spiro atoms. The van der Waals surface area contributed by atoms with Gasteiger partial charge in [0, 0.05) is 16.7 Å². The van der Waals surface area contributed by atoms with Gasteiger partial charge in [-0.2, -0.15) is 13.2 Å². The minimum absolute atomic E-state index is 0.102. The summed E-state index contributed by atoms with van der Waals surface area (Å²) in [7, 11) is 0. The summed E-state index contributed by atoms with van der Waals surface area (Å²) in [5.74, 6) is 0.486. The van der Waals surface area contributed by atoms with E-state index in [9.17, 15) is 13.2 Å². The van der Waals surface area contributed by atoms with Crippen LogP contribution in [0.25, 0.3) is 0 Å². The van der Waals surface area contributed by atoms with Crippen LogP contribution < -0.4 is 0 Å². The van der Waals surface area contributed by atoms with Gasteiger partial charge < -0.3 is 0 Å². The second kappa shape index (κ2) is 5.13. The fourth-order valence-corrected chi connectivity index (χ4v) is 3.20. The lowest BCUT2D eigenvalue weighted by Crippen LogP contribution is -2.14. The Morgan fingerprint density at radius 2 is 1.89 bits per heavy atom. The van der Waals surface area contributed by atoms with E-state index < -0.39 is 11.7 Å². The average molecular weight is 294 g/mol. The monoisotopic (exact) mass is 293 g/mol. The molecule has 1 aromatic rings. The lowest BCUT2D eigenvalue weighted by molar-refractivity contribution is -0.137. The summed E-state index contributed by atoms with van der Waals surface area (Å²) in [6, 6.07) is 5.18. The van der Waals surface area contributed by atoms with Gasteiger partial charge in [0.05, 0.1) is 16.6 Å². The van der Waals surface area contributed by atoms with Gasteiger partial charge in [-0.05, 0) is 19.1 Å². The number of thioether (sulfide) groups is 1. The normalized spacial score (nSPS) is 24.2. The molecule has 0 aliphatic carbocycles. The maximum absolute atomic E-state index is 12.4. The second-order valence-corrected chi connectivity index (χ2v) is 5.60. The molecule has 6 heteroatoms. The van der Waals surface area contributed by atoms with Crippen molar-refractivity contribution >= 4 is 28.4 Å². The van der Waals surface area contributed by atoms with Crippen LogP contribution in [0, 0.1) is 0 Å². The van der Waals surface area contributed by atoms with E-state index in [2.05, 4.69) is 4.99 Å². The Balaban J connectivity index is 2.19. The Labute approximate surface area is 112 Å². The Hall–Kier alpha value is -0.680. The minimum atomic E-state index is -4.30. The van der Waals surface area contributed by atoms with Crippen LogP contribution in [0.2, 0.25) is 0 Å². The number of rotatable bonds is 2. The largest absolute Gasteiger partial charge is 0.416 e. The molecule has 1 heterocycles. The predicted octanol–water partition coefficient (Wildman–Crippen LogP) is 4.19. The first-order valence-electron chi connectivity index (χ1n) is 5.40. The summed E-state index contributed by atoms with van der Waals surface area (Å²) in [5.41, 5.74) is 0.0734. The van der Waals surface area contributed by atoms with Crippen molar-refractivity contribution in [1.82, 2.24) is 0 Å². The smallest absolute Gasteiger partial charge is 0.274 e. The first-order chi connectivity index (χ1) is 8.41. The average Bonchev–Trinajstić information content (AvgIpc) is 2.69. The Morgan fingerprint density at radius 3 is 2.33 bits per heavy atom. The quantitative estimate of drug-likeness (QED) is 0.745. The molecule has 1 aromatic carbocycles. The van der Waals surface area contributed by atoms with Crippen LogP contribution in [-0.4, -0.2) is 22.2 Å². The van der Waals surface area contributed by atoms with Crippen molar-refractivity contribution in [3.63, 3.8) is 0 Å². The lowest BCUT2D eigenvalue weighted by Gasteiger charge is -2.08. The van der Waals surface area contributed by atoms with Crippen LogP contribution in [0.5, 0.6) is 0 Å². The van der Waals surface area contributed by atoms with Gasteiger partial charge in [0.1, 0.15) is 0 Å². The van der Waals surface area contributed by atoms with Gasteiger partial charge in [0.2, 0.25) is 0 Å². The molecule has 98 valence electrons. The van der Waals surface area contributed by atoms with Crippen molar-refractivity contribution in [2.24, 2.45) is 4.99 Å².